The molecule has 0 spiro atoms. The topological polar surface area (TPSA) is 92.8 Å². The third-order valence-electron chi connectivity index (χ3n) is 3.08. The predicted octanol–water partition coefficient (Wildman–Crippen LogP) is 1.06. The van der Waals surface area contributed by atoms with Crippen molar-refractivity contribution >= 4 is 5.97 Å². The van der Waals surface area contributed by atoms with E-state index in [0.717, 1.165) is 17.5 Å². The lowest BCUT2D eigenvalue weighted by Crippen LogP contribution is -2.19. The number of hydrogen-bond donors (Lipinski definition) is 3. The number of fused-ring (bicyclic) bond motifs is 1. The van der Waals surface area contributed by atoms with Crippen LogP contribution in [0.1, 0.15) is 24.0 Å². The molecule has 1 aliphatic carbocycles. The summed E-state index contributed by atoms with van der Waals surface area (Å²) in [4.78, 5) is 10.3. The van der Waals surface area contributed by atoms with Gasteiger partial charge in [-0.25, -0.2) is 0 Å². The highest BCUT2D eigenvalue weighted by Gasteiger charge is 2.23. The molecule has 1 aliphatic rings. The number of phenolic OH excluding ortho intramolecular Hbond substituents is 1. The Kier molecular flexibility index (Phi) is 3.72. The van der Waals surface area contributed by atoms with Crippen molar-refractivity contribution in [2.24, 2.45) is 5.73 Å². The summed E-state index contributed by atoms with van der Waals surface area (Å²) in [7, 11) is 0. The molecule has 1 aromatic carbocycles. The van der Waals surface area contributed by atoms with Crippen LogP contribution < -0.4 is 10.5 Å². The SMILES string of the molecule is NC1Cc2ccc(OCCCC(=O)O)c(O)c2C1. The fourth-order valence-electron chi connectivity index (χ4n) is 2.21. The van der Waals surface area contributed by atoms with Gasteiger partial charge >= 0.3 is 5.97 Å². The first kappa shape index (κ1) is 12.7. The van der Waals surface area contributed by atoms with Gasteiger partial charge in [-0.05, 0) is 30.9 Å². The van der Waals surface area contributed by atoms with Crippen molar-refractivity contribution in [3.63, 3.8) is 0 Å². The number of aliphatic carboxylic acids is 1. The molecule has 2 rings (SSSR count). The Morgan fingerprint density at radius 3 is 2.94 bits per heavy atom. The van der Waals surface area contributed by atoms with Gasteiger partial charge in [0, 0.05) is 18.0 Å². The number of rotatable bonds is 5. The number of carboxylic acid groups (broad SMARTS) is 1. The molecule has 4 N–H and O–H groups in total. The minimum atomic E-state index is -0.845. The largest absolute Gasteiger partial charge is 0.504 e. The molecule has 0 radical (unpaired) electrons. The van der Waals surface area contributed by atoms with Crippen LogP contribution in [0.15, 0.2) is 12.1 Å². The van der Waals surface area contributed by atoms with Crippen molar-refractivity contribution in [3.05, 3.63) is 23.3 Å². The molecule has 0 bridgehead atoms. The van der Waals surface area contributed by atoms with E-state index in [4.69, 9.17) is 15.6 Å². The molecular formula is C13H17NO4. The van der Waals surface area contributed by atoms with E-state index in [9.17, 15) is 9.90 Å². The molecule has 0 saturated heterocycles. The van der Waals surface area contributed by atoms with Crippen LogP contribution in [0.4, 0.5) is 0 Å². The van der Waals surface area contributed by atoms with Gasteiger partial charge in [0.05, 0.1) is 6.61 Å². The minimum absolute atomic E-state index is 0.0631. The molecule has 1 aromatic rings. The number of hydrogen-bond acceptors (Lipinski definition) is 4. The Morgan fingerprint density at radius 1 is 1.44 bits per heavy atom. The summed E-state index contributed by atoms with van der Waals surface area (Å²) in [5.41, 5.74) is 7.77. The fraction of sp³-hybridized carbons (Fsp3) is 0.462. The molecule has 0 amide bonds. The summed E-state index contributed by atoms with van der Waals surface area (Å²) in [6, 6.07) is 3.69. The highest BCUT2D eigenvalue weighted by Crippen LogP contribution is 2.37. The highest BCUT2D eigenvalue weighted by atomic mass is 16.5. The van der Waals surface area contributed by atoms with Gasteiger partial charge in [0.1, 0.15) is 0 Å². The Hall–Kier alpha value is -1.75. The lowest BCUT2D eigenvalue weighted by molar-refractivity contribution is -0.137. The summed E-state index contributed by atoms with van der Waals surface area (Å²) in [5.74, 6) is -0.285. The van der Waals surface area contributed by atoms with E-state index in [1.807, 2.05) is 6.07 Å². The lowest BCUT2D eigenvalue weighted by Gasteiger charge is -2.10. The van der Waals surface area contributed by atoms with Gasteiger partial charge in [-0.2, -0.15) is 0 Å². The third-order valence-corrected chi connectivity index (χ3v) is 3.08. The van der Waals surface area contributed by atoms with Crippen molar-refractivity contribution in [1.82, 2.24) is 0 Å². The first-order valence-corrected chi connectivity index (χ1v) is 6.02. The zero-order valence-electron chi connectivity index (χ0n) is 10.1. The maximum absolute atomic E-state index is 10.3. The summed E-state index contributed by atoms with van der Waals surface area (Å²) in [6.45, 7) is 0.282. The van der Waals surface area contributed by atoms with E-state index in [-0.39, 0.29) is 24.8 Å². The summed E-state index contributed by atoms with van der Waals surface area (Å²) in [5, 5.41) is 18.5. The van der Waals surface area contributed by atoms with E-state index < -0.39 is 5.97 Å². The zero-order valence-corrected chi connectivity index (χ0v) is 10.1. The van der Waals surface area contributed by atoms with Gasteiger partial charge < -0.3 is 20.7 Å². The smallest absolute Gasteiger partial charge is 0.303 e. The third kappa shape index (κ3) is 2.73. The molecule has 0 fully saturated rings. The Balaban J connectivity index is 1.98. The maximum Gasteiger partial charge on any atom is 0.303 e. The molecule has 0 aliphatic heterocycles. The van der Waals surface area contributed by atoms with Crippen LogP contribution in [-0.2, 0) is 17.6 Å². The van der Waals surface area contributed by atoms with Crippen LogP contribution in [0.25, 0.3) is 0 Å². The van der Waals surface area contributed by atoms with E-state index >= 15 is 0 Å². The number of carbonyl (C=O) groups is 1. The molecular weight excluding hydrogens is 234 g/mol. The predicted molar refractivity (Wildman–Crippen MR) is 65.9 cm³/mol. The van der Waals surface area contributed by atoms with Gasteiger partial charge in [-0.15, -0.1) is 0 Å². The maximum atomic E-state index is 10.3. The quantitative estimate of drug-likeness (QED) is 0.680. The van der Waals surface area contributed by atoms with Crippen molar-refractivity contribution in [2.75, 3.05) is 6.61 Å². The fourth-order valence-corrected chi connectivity index (χ4v) is 2.21. The highest BCUT2D eigenvalue weighted by molar-refractivity contribution is 5.66. The minimum Gasteiger partial charge on any atom is -0.504 e. The Morgan fingerprint density at radius 2 is 2.22 bits per heavy atom. The van der Waals surface area contributed by atoms with Crippen LogP contribution in [0.2, 0.25) is 0 Å². The van der Waals surface area contributed by atoms with Gasteiger partial charge in [0.25, 0.3) is 0 Å². The summed E-state index contributed by atoms with van der Waals surface area (Å²) >= 11 is 0. The molecule has 5 nitrogen and oxygen atoms in total. The molecule has 0 aromatic heterocycles. The Labute approximate surface area is 105 Å². The van der Waals surface area contributed by atoms with E-state index in [1.165, 1.54) is 0 Å². The molecule has 0 saturated carbocycles. The molecule has 98 valence electrons. The number of aromatic hydroxyl groups is 1. The van der Waals surface area contributed by atoms with Gasteiger partial charge in [-0.1, -0.05) is 6.07 Å². The number of phenols is 1. The van der Waals surface area contributed by atoms with Crippen LogP contribution in [0.3, 0.4) is 0 Å². The monoisotopic (exact) mass is 251 g/mol. The van der Waals surface area contributed by atoms with E-state index in [1.54, 1.807) is 6.07 Å². The normalized spacial score (nSPS) is 17.5. The lowest BCUT2D eigenvalue weighted by atomic mass is 10.1. The van der Waals surface area contributed by atoms with Crippen LogP contribution in [0.5, 0.6) is 11.5 Å². The average Bonchev–Trinajstić information content (AvgIpc) is 2.68. The first-order chi connectivity index (χ1) is 8.58. The van der Waals surface area contributed by atoms with Gasteiger partial charge in [-0.3, -0.25) is 4.79 Å². The standard InChI is InChI=1S/C13H17NO4/c14-9-6-8-3-4-11(13(17)10(8)7-9)18-5-1-2-12(15)16/h3-4,9,17H,1-2,5-7,14H2,(H,15,16). The van der Waals surface area contributed by atoms with Crippen molar-refractivity contribution in [1.29, 1.82) is 0 Å². The Bertz CT molecular complexity index is 459. The second kappa shape index (κ2) is 5.27. The molecule has 1 unspecified atom stereocenters. The number of benzene rings is 1. The number of carboxylic acids is 1. The summed E-state index contributed by atoms with van der Waals surface area (Å²) in [6.07, 6.45) is 1.93. The average molecular weight is 251 g/mol. The molecule has 5 heteroatoms. The van der Waals surface area contributed by atoms with Crippen LogP contribution in [0, 0.1) is 0 Å². The molecule has 1 atom stereocenters. The van der Waals surface area contributed by atoms with Crippen LogP contribution >= 0.6 is 0 Å². The summed E-state index contributed by atoms with van der Waals surface area (Å²) < 4.78 is 5.39. The van der Waals surface area contributed by atoms with E-state index in [0.29, 0.717) is 18.6 Å². The second-order valence-corrected chi connectivity index (χ2v) is 4.56. The van der Waals surface area contributed by atoms with Crippen LogP contribution in [-0.4, -0.2) is 28.8 Å². The second-order valence-electron chi connectivity index (χ2n) is 4.56. The first-order valence-electron chi connectivity index (χ1n) is 6.02. The number of ether oxygens (including phenoxy) is 1. The van der Waals surface area contributed by atoms with Crippen molar-refractivity contribution in [2.45, 2.75) is 31.7 Å². The molecule has 0 heterocycles. The zero-order chi connectivity index (χ0) is 13.1. The molecule has 18 heavy (non-hydrogen) atoms. The van der Waals surface area contributed by atoms with Crippen molar-refractivity contribution < 1.29 is 19.7 Å². The van der Waals surface area contributed by atoms with Gasteiger partial charge in [0.15, 0.2) is 11.5 Å². The number of nitrogens with two attached hydrogens (primary N) is 1. The van der Waals surface area contributed by atoms with E-state index in [2.05, 4.69) is 0 Å². The van der Waals surface area contributed by atoms with Crippen molar-refractivity contribution in [3.8, 4) is 11.5 Å². The van der Waals surface area contributed by atoms with Gasteiger partial charge in [0.2, 0.25) is 0 Å².